The second-order valence-electron chi connectivity index (χ2n) is 12.4. The van der Waals surface area contributed by atoms with Crippen molar-refractivity contribution in [3.05, 3.63) is 63.1 Å². The lowest BCUT2D eigenvalue weighted by Gasteiger charge is -2.42. The Morgan fingerprint density at radius 2 is 1.91 bits per heavy atom. The van der Waals surface area contributed by atoms with Gasteiger partial charge in [0.25, 0.3) is 11.8 Å². The second kappa shape index (κ2) is 13.5. The first kappa shape index (κ1) is 32.3. The molecule has 45 heavy (non-hydrogen) atoms. The molecule has 1 saturated heterocycles. The molecule has 3 atom stereocenters. The molecule has 3 aliphatic rings. The number of fused-ring (bicyclic) bond motifs is 5. The van der Waals surface area contributed by atoms with E-state index in [-0.39, 0.29) is 42.4 Å². The van der Waals surface area contributed by atoms with Crippen molar-refractivity contribution in [2.75, 3.05) is 6.54 Å². The maximum absolute atomic E-state index is 14.3. The highest BCUT2D eigenvalue weighted by Gasteiger charge is 2.54. The van der Waals surface area contributed by atoms with E-state index in [0.717, 1.165) is 43.9 Å². The van der Waals surface area contributed by atoms with E-state index in [0.29, 0.717) is 31.7 Å². The van der Waals surface area contributed by atoms with Gasteiger partial charge in [0.2, 0.25) is 11.2 Å². The number of carbonyl (C=O) groups is 3. The van der Waals surface area contributed by atoms with Crippen LogP contribution in [0.25, 0.3) is 0 Å². The number of pyridine rings is 1. The minimum atomic E-state index is -0.927. The number of oxime groups is 1. The molecule has 2 amide bonds. The predicted octanol–water partition coefficient (Wildman–Crippen LogP) is 5.43. The van der Waals surface area contributed by atoms with E-state index in [1.165, 1.54) is 16.8 Å². The van der Waals surface area contributed by atoms with E-state index in [2.05, 4.69) is 17.4 Å². The quantitative estimate of drug-likeness (QED) is 0.263. The third-order valence-corrected chi connectivity index (χ3v) is 9.07. The average Bonchev–Trinajstić information content (AvgIpc) is 3.33. The molecule has 3 aliphatic heterocycles. The zero-order valence-electron chi connectivity index (χ0n) is 26.0. The molecule has 4 heterocycles. The third kappa shape index (κ3) is 6.64. The lowest BCUT2D eigenvalue weighted by molar-refractivity contribution is -0.134. The van der Waals surface area contributed by atoms with Crippen molar-refractivity contribution >= 4 is 23.5 Å². The summed E-state index contributed by atoms with van der Waals surface area (Å²) in [5, 5.41) is 6.73. The van der Waals surface area contributed by atoms with E-state index in [4.69, 9.17) is 9.57 Å². The number of nitrogens with zero attached hydrogens (tertiary/aromatic N) is 3. The van der Waals surface area contributed by atoms with Gasteiger partial charge in [-0.15, -0.1) is 0 Å². The van der Waals surface area contributed by atoms with Crippen LogP contribution >= 0.6 is 0 Å². The highest BCUT2D eigenvalue weighted by atomic mass is 19.1. The van der Waals surface area contributed by atoms with E-state index >= 15 is 0 Å². The first-order valence-electron chi connectivity index (χ1n) is 15.8. The Hall–Kier alpha value is -4.09. The lowest BCUT2D eigenvalue weighted by atomic mass is 9.84. The summed E-state index contributed by atoms with van der Waals surface area (Å²) < 4.78 is 34.9. The highest BCUT2D eigenvalue weighted by Crippen LogP contribution is 2.46. The van der Waals surface area contributed by atoms with Crippen molar-refractivity contribution in [2.24, 2.45) is 5.16 Å². The van der Waals surface area contributed by atoms with E-state index in [9.17, 15) is 28.0 Å². The summed E-state index contributed by atoms with van der Waals surface area (Å²) in [7, 11) is 0. The van der Waals surface area contributed by atoms with Crippen molar-refractivity contribution in [1.82, 2.24) is 14.8 Å². The molecule has 2 bridgehead atoms. The monoisotopic (exact) mass is 626 g/mol. The molecule has 1 spiro atoms. The number of aromatic nitrogens is 1. The second-order valence-corrected chi connectivity index (χ2v) is 12.4. The van der Waals surface area contributed by atoms with Gasteiger partial charge in [-0.05, 0) is 39.2 Å². The molecule has 0 unspecified atom stereocenters. The number of halogens is 2. The van der Waals surface area contributed by atoms with Gasteiger partial charge in [0.1, 0.15) is 17.2 Å². The van der Waals surface area contributed by atoms with Gasteiger partial charge in [-0.2, -0.15) is 0 Å². The van der Waals surface area contributed by atoms with Gasteiger partial charge in [0.15, 0.2) is 11.3 Å². The van der Waals surface area contributed by atoms with Gasteiger partial charge >= 0.3 is 5.97 Å². The summed E-state index contributed by atoms with van der Waals surface area (Å²) >= 11 is 0. The maximum Gasteiger partial charge on any atom is 0.311 e. The third-order valence-electron chi connectivity index (χ3n) is 9.07. The molecule has 5 rings (SSSR count). The Morgan fingerprint density at radius 3 is 2.62 bits per heavy atom. The summed E-state index contributed by atoms with van der Waals surface area (Å²) in [5.74, 6) is -4.14. The Balaban J connectivity index is 1.52. The van der Waals surface area contributed by atoms with E-state index < -0.39 is 52.2 Å². The number of nitrogens with one attached hydrogen (secondary N) is 1. The fourth-order valence-corrected chi connectivity index (χ4v) is 6.52. The van der Waals surface area contributed by atoms with Crippen LogP contribution in [-0.2, 0) is 16.2 Å². The maximum atomic E-state index is 14.3. The molecule has 1 fully saturated rings. The molecule has 0 aliphatic carbocycles. The van der Waals surface area contributed by atoms with E-state index in [1.807, 2.05) is 13.8 Å². The predicted molar refractivity (Wildman–Crippen MR) is 162 cm³/mol. The molecule has 2 aromatic rings. The summed E-state index contributed by atoms with van der Waals surface area (Å²) in [6, 6.07) is 2.23. The van der Waals surface area contributed by atoms with Crippen LogP contribution in [0.2, 0.25) is 0 Å². The minimum absolute atomic E-state index is 0.0166. The number of ether oxygens (including phenoxy) is 1. The van der Waals surface area contributed by atoms with Crippen molar-refractivity contribution < 1.29 is 32.7 Å². The molecule has 1 N–H and O–H groups in total. The SMILES string of the molecule is CCCCCCCCC(=O)Oc1c2n(cc(C(=O)NCc3ccc(F)cc3F)c1=O)[C@@H]1CN(C2=O)[C@@H](C)CC[C@]12CC(C)=NO2. The summed E-state index contributed by atoms with van der Waals surface area (Å²) in [4.78, 5) is 62.1. The number of unbranched alkanes of at least 4 members (excludes halogenated alkanes) is 5. The molecular weight excluding hydrogens is 586 g/mol. The Kier molecular flexibility index (Phi) is 9.69. The van der Waals surface area contributed by atoms with Crippen molar-refractivity contribution in [3.8, 4) is 5.75 Å². The number of carbonyl (C=O) groups excluding carboxylic acids is 3. The lowest BCUT2D eigenvalue weighted by Crippen LogP contribution is -2.52. The Bertz CT molecular complexity index is 1570. The van der Waals surface area contributed by atoms with Gasteiger partial charge in [0, 0.05) is 49.8 Å². The van der Waals surface area contributed by atoms with Gasteiger partial charge in [0.05, 0.1) is 11.8 Å². The number of benzene rings is 1. The topological polar surface area (TPSA) is 119 Å². The van der Waals surface area contributed by atoms with Gasteiger partial charge in [-0.3, -0.25) is 19.2 Å². The van der Waals surface area contributed by atoms with Crippen LogP contribution in [0.4, 0.5) is 8.78 Å². The van der Waals surface area contributed by atoms with Gasteiger partial charge in [-0.25, -0.2) is 8.78 Å². The Labute approximate surface area is 260 Å². The average molecular weight is 627 g/mol. The molecule has 0 saturated carbocycles. The molecule has 0 radical (unpaired) electrons. The van der Waals surface area contributed by atoms with Crippen LogP contribution in [0.1, 0.15) is 117 Å². The molecule has 242 valence electrons. The normalized spacial score (nSPS) is 22.0. The molecular formula is C33H40F2N4O6. The molecule has 12 heteroatoms. The van der Waals surface area contributed by atoms with Gasteiger partial charge in [-0.1, -0.05) is 50.2 Å². The largest absolute Gasteiger partial charge is 0.420 e. The first-order valence-corrected chi connectivity index (χ1v) is 15.8. The molecule has 1 aromatic carbocycles. The number of hydrogen-bond donors (Lipinski definition) is 1. The van der Waals surface area contributed by atoms with Crippen LogP contribution in [0.3, 0.4) is 0 Å². The van der Waals surface area contributed by atoms with Crippen molar-refractivity contribution in [2.45, 2.75) is 109 Å². The first-order chi connectivity index (χ1) is 21.5. The van der Waals surface area contributed by atoms with Crippen LogP contribution in [-0.4, -0.2) is 51.2 Å². The smallest absolute Gasteiger partial charge is 0.311 e. The number of amides is 2. The summed E-state index contributed by atoms with van der Waals surface area (Å²) in [5.41, 5.74) is -1.47. The van der Waals surface area contributed by atoms with Crippen LogP contribution in [0.5, 0.6) is 5.75 Å². The van der Waals surface area contributed by atoms with Crippen LogP contribution in [0.15, 0.2) is 34.3 Å². The fourth-order valence-electron chi connectivity index (χ4n) is 6.52. The van der Waals surface area contributed by atoms with Crippen LogP contribution < -0.4 is 15.5 Å². The van der Waals surface area contributed by atoms with Gasteiger partial charge < -0.3 is 24.4 Å². The standard InChI is InChI=1S/C33H40F2N4O6/c1-4-5-6-7-8-9-10-27(40)44-30-28-32(43)38-19-26(33(14-13-21(38)3)16-20(2)37-45-33)39(28)18-24(29(30)41)31(42)36-17-22-11-12-23(34)15-25(22)35/h11-12,15,18,21,26H,4-10,13-14,16-17,19H2,1-3H3,(H,36,42)/t21-,26+,33-/m0/s1. The van der Waals surface area contributed by atoms with Crippen molar-refractivity contribution in [1.29, 1.82) is 0 Å². The van der Waals surface area contributed by atoms with Crippen LogP contribution in [0, 0.1) is 11.6 Å². The summed E-state index contributed by atoms with van der Waals surface area (Å²) in [6.45, 7) is 5.81. The zero-order chi connectivity index (χ0) is 32.3. The Morgan fingerprint density at radius 1 is 1.16 bits per heavy atom. The summed E-state index contributed by atoms with van der Waals surface area (Å²) in [6.07, 6.45) is 8.64. The number of rotatable bonds is 11. The minimum Gasteiger partial charge on any atom is -0.420 e. The molecule has 1 aromatic heterocycles. The van der Waals surface area contributed by atoms with Crippen molar-refractivity contribution in [3.63, 3.8) is 0 Å². The number of esters is 1. The fraction of sp³-hybridized carbons (Fsp3) is 0.545. The number of hydrogen-bond acceptors (Lipinski definition) is 7. The van der Waals surface area contributed by atoms with E-state index in [1.54, 1.807) is 4.90 Å². The zero-order valence-corrected chi connectivity index (χ0v) is 26.0. The molecule has 10 nitrogen and oxygen atoms in total. The highest BCUT2D eigenvalue weighted by molar-refractivity contribution is 6.00.